The minimum absolute atomic E-state index is 0.0224. The van der Waals surface area contributed by atoms with E-state index in [0.29, 0.717) is 23.7 Å². The van der Waals surface area contributed by atoms with E-state index in [-0.39, 0.29) is 23.7 Å². The van der Waals surface area contributed by atoms with E-state index in [9.17, 15) is 9.59 Å². The van der Waals surface area contributed by atoms with Crippen molar-refractivity contribution < 1.29 is 18.7 Å². The summed E-state index contributed by atoms with van der Waals surface area (Å²) in [5, 5.41) is 2.73. The molecule has 7 nitrogen and oxygen atoms in total. The Labute approximate surface area is 186 Å². The fourth-order valence-electron chi connectivity index (χ4n) is 3.54. The highest BCUT2D eigenvalue weighted by Crippen LogP contribution is 2.22. The normalized spacial score (nSPS) is 14.0. The molecular weight excluding hydrogens is 408 g/mol. The van der Waals surface area contributed by atoms with Crippen LogP contribution in [0.1, 0.15) is 25.0 Å². The third kappa shape index (κ3) is 6.21. The molecule has 1 aromatic heterocycles. The van der Waals surface area contributed by atoms with E-state index in [4.69, 9.17) is 13.9 Å². The molecule has 0 spiro atoms. The Morgan fingerprint density at radius 3 is 2.41 bits per heavy atom. The van der Waals surface area contributed by atoms with Crippen molar-refractivity contribution in [3.63, 3.8) is 0 Å². The third-order valence-electron chi connectivity index (χ3n) is 5.16. The van der Waals surface area contributed by atoms with E-state index in [1.54, 1.807) is 24.3 Å². The molecular formula is C25H26N2O5. The first-order chi connectivity index (χ1) is 15.7. The third-order valence-corrected chi connectivity index (χ3v) is 5.16. The topological polar surface area (TPSA) is 81.0 Å². The SMILES string of the molecule is O=C(COc1coc(CN2CCCCC2)cc1=O)Nc1ccc(Oc2ccccc2)cc1. The lowest BCUT2D eigenvalue weighted by atomic mass is 10.1. The monoisotopic (exact) mass is 434 g/mol. The smallest absolute Gasteiger partial charge is 0.262 e. The van der Waals surface area contributed by atoms with Crippen molar-refractivity contribution in [2.45, 2.75) is 25.8 Å². The number of benzene rings is 2. The summed E-state index contributed by atoms with van der Waals surface area (Å²) < 4.78 is 16.6. The first-order valence-corrected chi connectivity index (χ1v) is 10.8. The van der Waals surface area contributed by atoms with E-state index in [2.05, 4.69) is 10.2 Å². The fourth-order valence-corrected chi connectivity index (χ4v) is 3.54. The van der Waals surface area contributed by atoms with Gasteiger partial charge in [-0.15, -0.1) is 0 Å². The molecule has 7 heteroatoms. The second-order valence-electron chi connectivity index (χ2n) is 7.69. The maximum atomic E-state index is 12.3. The lowest BCUT2D eigenvalue weighted by molar-refractivity contribution is -0.118. The zero-order chi connectivity index (χ0) is 22.2. The maximum Gasteiger partial charge on any atom is 0.262 e. The Balaban J connectivity index is 1.26. The number of likely N-dealkylation sites (tertiary alicyclic amines) is 1. The van der Waals surface area contributed by atoms with Gasteiger partial charge < -0.3 is 19.2 Å². The van der Waals surface area contributed by atoms with Crippen LogP contribution in [0.2, 0.25) is 0 Å². The van der Waals surface area contributed by atoms with Crippen molar-refractivity contribution in [2.75, 3.05) is 25.0 Å². The van der Waals surface area contributed by atoms with Gasteiger partial charge in [0.2, 0.25) is 11.2 Å². The summed E-state index contributed by atoms with van der Waals surface area (Å²) in [5.74, 6) is 1.64. The summed E-state index contributed by atoms with van der Waals surface area (Å²) in [7, 11) is 0. The Kier molecular flexibility index (Phi) is 7.19. The van der Waals surface area contributed by atoms with Crippen LogP contribution in [-0.2, 0) is 11.3 Å². The lowest BCUT2D eigenvalue weighted by Gasteiger charge is -2.25. The van der Waals surface area contributed by atoms with Crippen molar-refractivity contribution in [3.05, 3.63) is 82.9 Å². The van der Waals surface area contributed by atoms with Crippen molar-refractivity contribution in [1.29, 1.82) is 0 Å². The summed E-state index contributed by atoms with van der Waals surface area (Å²) in [6.45, 7) is 2.35. The predicted molar refractivity (Wildman–Crippen MR) is 121 cm³/mol. The molecule has 2 heterocycles. The van der Waals surface area contributed by atoms with Gasteiger partial charge in [0.05, 0.1) is 6.54 Å². The second kappa shape index (κ2) is 10.6. The van der Waals surface area contributed by atoms with Crippen molar-refractivity contribution in [1.82, 2.24) is 4.90 Å². The Morgan fingerprint density at radius 1 is 0.969 bits per heavy atom. The average molecular weight is 434 g/mol. The predicted octanol–water partition coefficient (Wildman–Crippen LogP) is 4.44. The van der Waals surface area contributed by atoms with Crippen LogP contribution in [0, 0.1) is 0 Å². The number of nitrogens with one attached hydrogen (secondary N) is 1. The molecule has 1 saturated heterocycles. The Hall–Kier alpha value is -3.58. The first-order valence-electron chi connectivity index (χ1n) is 10.8. The van der Waals surface area contributed by atoms with E-state index in [1.165, 1.54) is 31.6 Å². The molecule has 1 amide bonds. The fraction of sp³-hybridized carbons (Fsp3) is 0.280. The highest BCUT2D eigenvalue weighted by molar-refractivity contribution is 5.91. The van der Waals surface area contributed by atoms with E-state index >= 15 is 0 Å². The molecule has 4 rings (SSSR count). The summed E-state index contributed by atoms with van der Waals surface area (Å²) in [6.07, 6.45) is 4.87. The van der Waals surface area contributed by atoms with Gasteiger partial charge in [-0.3, -0.25) is 14.5 Å². The number of para-hydroxylation sites is 1. The van der Waals surface area contributed by atoms with Gasteiger partial charge in [-0.1, -0.05) is 24.6 Å². The van der Waals surface area contributed by atoms with Gasteiger partial charge >= 0.3 is 0 Å². The summed E-state index contributed by atoms with van der Waals surface area (Å²) in [5.41, 5.74) is 0.307. The van der Waals surface area contributed by atoms with Crippen LogP contribution in [0.25, 0.3) is 0 Å². The molecule has 2 aromatic carbocycles. The van der Waals surface area contributed by atoms with Crippen LogP contribution in [-0.4, -0.2) is 30.5 Å². The van der Waals surface area contributed by atoms with Crippen molar-refractivity contribution in [3.8, 4) is 17.2 Å². The largest absolute Gasteiger partial charge is 0.477 e. The lowest BCUT2D eigenvalue weighted by Crippen LogP contribution is -2.29. The van der Waals surface area contributed by atoms with Gasteiger partial charge in [-0.25, -0.2) is 0 Å². The molecule has 0 unspecified atom stereocenters. The molecule has 32 heavy (non-hydrogen) atoms. The maximum absolute atomic E-state index is 12.3. The molecule has 3 aromatic rings. The molecule has 0 bridgehead atoms. The number of amides is 1. The van der Waals surface area contributed by atoms with E-state index in [1.807, 2.05) is 30.3 Å². The Bertz CT molecular complexity index is 1070. The highest BCUT2D eigenvalue weighted by atomic mass is 16.5. The molecule has 0 radical (unpaired) electrons. The first kappa shape index (κ1) is 21.6. The Morgan fingerprint density at radius 2 is 1.69 bits per heavy atom. The number of carbonyl (C=O) groups excluding carboxylic acids is 1. The van der Waals surface area contributed by atoms with Gasteiger partial charge in [0, 0.05) is 11.8 Å². The standard InChI is InChI=1S/C25H26N2O5/c28-23-15-22(16-27-13-5-2-6-14-27)30-17-24(23)31-18-25(29)26-19-9-11-21(12-10-19)32-20-7-3-1-4-8-20/h1,3-4,7-12,15,17H,2,5-6,13-14,16,18H2,(H,26,29). The van der Waals surface area contributed by atoms with Crippen LogP contribution in [0.3, 0.4) is 0 Å². The number of nitrogens with zero attached hydrogens (tertiary/aromatic N) is 1. The van der Waals surface area contributed by atoms with Crippen LogP contribution >= 0.6 is 0 Å². The minimum Gasteiger partial charge on any atom is -0.477 e. The van der Waals surface area contributed by atoms with Gasteiger partial charge in [-0.2, -0.15) is 0 Å². The molecule has 0 saturated carbocycles. The summed E-state index contributed by atoms with van der Waals surface area (Å²) >= 11 is 0. The molecule has 166 valence electrons. The van der Waals surface area contributed by atoms with Crippen molar-refractivity contribution in [2.24, 2.45) is 0 Å². The van der Waals surface area contributed by atoms with Gasteiger partial charge in [0.1, 0.15) is 23.5 Å². The van der Waals surface area contributed by atoms with Crippen molar-refractivity contribution >= 4 is 11.6 Å². The number of piperidine rings is 1. The highest BCUT2D eigenvalue weighted by Gasteiger charge is 2.14. The second-order valence-corrected chi connectivity index (χ2v) is 7.69. The zero-order valence-electron chi connectivity index (χ0n) is 17.8. The average Bonchev–Trinajstić information content (AvgIpc) is 2.81. The van der Waals surface area contributed by atoms with Crippen LogP contribution in [0.5, 0.6) is 17.2 Å². The number of rotatable bonds is 8. The molecule has 1 fully saturated rings. The quantitative estimate of drug-likeness (QED) is 0.565. The molecule has 0 aliphatic carbocycles. The van der Waals surface area contributed by atoms with Crippen LogP contribution in [0.15, 0.2) is 76.1 Å². The number of ether oxygens (including phenoxy) is 2. The number of hydrogen-bond acceptors (Lipinski definition) is 6. The number of hydrogen-bond donors (Lipinski definition) is 1. The van der Waals surface area contributed by atoms with Gasteiger partial charge in [-0.05, 0) is 62.3 Å². The zero-order valence-corrected chi connectivity index (χ0v) is 17.8. The van der Waals surface area contributed by atoms with Gasteiger partial charge in [0.25, 0.3) is 5.91 Å². The molecule has 1 N–H and O–H groups in total. The van der Waals surface area contributed by atoms with E-state index in [0.717, 1.165) is 18.8 Å². The summed E-state index contributed by atoms with van der Waals surface area (Å²) in [6, 6.07) is 17.9. The molecule has 1 aliphatic heterocycles. The number of carbonyl (C=O) groups is 1. The minimum atomic E-state index is -0.376. The molecule has 1 aliphatic rings. The van der Waals surface area contributed by atoms with E-state index < -0.39 is 0 Å². The van der Waals surface area contributed by atoms with Gasteiger partial charge in [0.15, 0.2) is 6.61 Å². The molecule has 0 atom stereocenters. The van der Waals surface area contributed by atoms with Crippen LogP contribution in [0.4, 0.5) is 5.69 Å². The summed E-state index contributed by atoms with van der Waals surface area (Å²) in [4.78, 5) is 26.8. The number of anilines is 1. The van der Waals surface area contributed by atoms with Crippen LogP contribution < -0.4 is 20.2 Å².